The van der Waals surface area contributed by atoms with Gasteiger partial charge in [-0.1, -0.05) is 23.7 Å². The quantitative estimate of drug-likeness (QED) is 0.492. The smallest absolute Gasteiger partial charge is 0.295 e. The second-order valence-corrected chi connectivity index (χ2v) is 8.05. The molecule has 1 aromatic heterocycles. The Balaban J connectivity index is 2.13. The summed E-state index contributed by atoms with van der Waals surface area (Å²) in [5.41, 5.74) is 0.496. The molecule has 0 atom stereocenters. The molecule has 0 aliphatic carbocycles. The number of non-ortho nitro benzene ring substituents is 1. The Morgan fingerprint density at radius 2 is 1.93 bits per heavy atom. The highest BCUT2D eigenvalue weighted by Crippen LogP contribution is 2.37. The average Bonchev–Trinajstić information content (AvgIpc) is 3.04. The molecule has 3 aromatic rings. The molecule has 11 heteroatoms. The third-order valence-electron chi connectivity index (χ3n) is 3.95. The average molecular weight is 411 g/mol. The summed E-state index contributed by atoms with van der Waals surface area (Å²) in [4.78, 5) is 10.6. The predicted molar refractivity (Wildman–Crippen MR) is 102 cm³/mol. The number of anilines is 1. The minimum absolute atomic E-state index is 0.00276. The van der Waals surface area contributed by atoms with Gasteiger partial charge in [-0.05, 0) is 23.8 Å². The van der Waals surface area contributed by atoms with Crippen LogP contribution in [0.15, 0.2) is 36.4 Å². The van der Waals surface area contributed by atoms with Gasteiger partial charge in [0, 0.05) is 6.07 Å². The minimum atomic E-state index is -3.75. The number of nitrogens with zero attached hydrogens (tertiary/aromatic N) is 3. The number of aromatic nitrogens is 2. The number of nitrogens with one attached hydrogen (secondary N) is 1. The molecule has 0 unspecified atom stereocenters. The fourth-order valence-electron chi connectivity index (χ4n) is 2.64. The lowest BCUT2D eigenvalue weighted by atomic mass is 10.2. The fourth-order valence-corrected chi connectivity index (χ4v) is 3.71. The highest BCUT2D eigenvalue weighted by Gasteiger charge is 2.27. The van der Waals surface area contributed by atoms with E-state index in [2.05, 4.69) is 10.2 Å². The number of halogens is 1. The minimum Gasteiger partial charge on any atom is -0.497 e. The molecule has 1 heterocycles. The van der Waals surface area contributed by atoms with Gasteiger partial charge in [-0.2, -0.15) is 5.10 Å². The number of nitro benzene ring substituents is 1. The van der Waals surface area contributed by atoms with Gasteiger partial charge in [0.05, 0.1) is 35.2 Å². The Labute approximate surface area is 159 Å². The van der Waals surface area contributed by atoms with Crippen LogP contribution in [0, 0.1) is 10.1 Å². The van der Waals surface area contributed by atoms with E-state index in [1.165, 1.54) is 19.2 Å². The lowest BCUT2D eigenvalue weighted by molar-refractivity contribution is -0.383. The lowest BCUT2D eigenvalue weighted by Gasteiger charge is -2.20. The molecule has 0 aliphatic heterocycles. The highest BCUT2D eigenvalue weighted by atomic mass is 35.5. The van der Waals surface area contributed by atoms with E-state index in [9.17, 15) is 18.5 Å². The zero-order chi connectivity index (χ0) is 19.8. The van der Waals surface area contributed by atoms with Crippen LogP contribution < -0.4 is 9.04 Å². The molecular formula is C16H15ClN4O5S. The van der Waals surface area contributed by atoms with E-state index in [1.54, 1.807) is 24.3 Å². The number of hydrogen-bond donors (Lipinski definition) is 1. The normalized spacial score (nSPS) is 11.5. The maximum absolute atomic E-state index is 12.4. The number of aromatic amines is 1. The number of sulfonamides is 1. The topological polar surface area (TPSA) is 118 Å². The van der Waals surface area contributed by atoms with Gasteiger partial charge in [-0.25, -0.2) is 12.7 Å². The van der Waals surface area contributed by atoms with Gasteiger partial charge in [-0.15, -0.1) is 0 Å². The first-order valence-corrected chi connectivity index (χ1v) is 9.86. The molecule has 0 amide bonds. The van der Waals surface area contributed by atoms with Crippen molar-refractivity contribution in [2.24, 2.45) is 0 Å². The Bertz CT molecular complexity index is 1110. The van der Waals surface area contributed by atoms with Crippen LogP contribution in [0.25, 0.3) is 10.9 Å². The van der Waals surface area contributed by atoms with Gasteiger partial charge in [0.2, 0.25) is 10.0 Å². The molecule has 0 spiro atoms. The summed E-state index contributed by atoms with van der Waals surface area (Å²) < 4.78 is 30.9. The predicted octanol–water partition coefficient (Wildman–Crippen LogP) is 3.10. The van der Waals surface area contributed by atoms with Crippen LogP contribution in [0.5, 0.6) is 5.75 Å². The van der Waals surface area contributed by atoms with Crippen LogP contribution in [-0.2, 0) is 16.6 Å². The molecule has 0 saturated carbocycles. The monoisotopic (exact) mass is 410 g/mol. The van der Waals surface area contributed by atoms with E-state index in [0.717, 1.165) is 10.6 Å². The maximum Gasteiger partial charge on any atom is 0.295 e. The number of hydrogen-bond acceptors (Lipinski definition) is 6. The van der Waals surface area contributed by atoms with Gasteiger partial charge < -0.3 is 4.74 Å². The summed E-state index contributed by atoms with van der Waals surface area (Å²) in [6.45, 7) is -0.0260. The summed E-state index contributed by atoms with van der Waals surface area (Å²) in [5.74, 6) is 0.630. The molecule has 0 radical (unpaired) electrons. The van der Waals surface area contributed by atoms with Gasteiger partial charge >= 0.3 is 0 Å². The number of fused-ring (bicyclic) bond motifs is 1. The zero-order valence-electron chi connectivity index (χ0n) is 14.3. The number of ether oxygens (including phenoxy) is 1. The van der Waals surface area contributed by atoms with Crippen LogP contribution >= 0.6 is 11.6 Å². The van der Waals surface area contributed by atoms with Crippen molar-refractivity contribution in [1.29, 1.82) is 0 Å². The van der Waals surface area contributed by atoms with Crippen molar-refractivity contribution in [3.8, 4) is 5.75 Å². The van der Waals surface area contributed by atoms with Gasteiger partial charge in [0.15, 0.2) is 5.82 Å². The summed E-state index contributed by atoms with van der Waals surface area (Å²) >= 11 is 6.20. The Hall–Kier alpha value is -2.85. The zero-order valence-corrected chi connectivity index (χ0v) is 15.9. The summed E-state index contributed by atoms with van der Waals surface area (Å²) in [6.07, 6.45) is 1.03. The Kier molecular flexibility index (Phi) is 4.94. The molecule has 0 aliphatic rings. The van der Waals surface area contributed by atoms with Crippen LogP contribution in [0.4, 0.5) is 11.5 Å². The summed E-state index contributed by atoms with van der Waals surface area (Å²) in [6, 6.07) is 9.42. The molecular weight excluding hydrogens is 396 g/mol. The largest absolute Gasteiger partial charge is 0.497 e. The van der Waals surface area contributed by atoms with E-state index in [4.69, 9.17) is 16.3 Å². The molecule has 0 bridgehead atoms. The molecule has 0 saturated heterocycles. The van der Waals surface area contributed by atoms with Crippen molar-refractivity contribution in [1.82, 2.24) is 10.2 Å². The molecule has 2 aromatic carbocycles. The van der Waals surface area contributed by atoms with Crippen LogP contribution in [0.2, 0.25) is 5.02 Å². The Morgan fingerprint density at radius 3 is 2.48 bits per heavy atom. The Morgan fingerprint density at radius 1 is 1.26 bits per heavy atom. The number of methoxy groups -OCH3 is 1. The molecule has 1 N–H and O–H groups in total. The number of benzene rings is 2. The molecule has 3 rings (SSSR count). The number of rotatable bonds is 6. The maximum atomic E-state index is 12.4. The standard InChI is InChI=1S/C16H15ClN4O5S/c1-26-11-5-3-10(4-6-11)9-20(27(2,24)25)16-14-12(17)7-8-13(21(22)23)15(14)18-19-16/h3-8H,9H2,1-2H3,(H,18,19). The van der Waals surface area contributed by atoms with Gasteiger partial charge in [-0.3, -0.25) is 15.2 Å². The first-order valence-electron chi connectivity index (χ1n) is 7.64. The lowest BCUT2D eigenvalue weighted by Crippen LogP contribution is -2.29. The number of H-pyrrole nitrogens is 1. The first kappa shape index (κ1) is 18.9. The fraction of sp³-hybridized carbons (Fsp3) is 0.188. The summed E-state index contributed by atoms with van der Waals surface area (Å²) in [7, 11) is -2.22. The highest BCUT2D eigenvalue weighted by molar-refractivity contribution is 7.92. The van der Waals surface area contributed by atoms with Gasteiger partial charge in [0.1, 0.15) is 11.3 Å². The van der Waals surface area contributed by atoms with E-state index in [-0.39, 0.29) is 34.0 Å². The van der Waals surface area contributed by atoms with Crippen molar-refractivity contribution >= 4 is 44.0 Å². The molecule has 27 heavy (non-hydrogen) atoms. The van der Waals surface area contributed by atoms with Gasteiger partial charge in [0.25, 0.3) is 5.69 Å². The van der Waals surface area contributed by atoms with E-state index in [0.29, 0.717) is 11.3 Å². The molecule has 9 nitrogen and oxygen atoms in total. The van der Waals surface area contributed by atoms with E-state index in [1.807, 2.05) is 0 Å². The van der Waals surface area contributed by atoms with Crippen molar-refractivity contribution in [2.45, 2.75) is 6.54 Å². The van der Waals surface area contributed by atoms with E-state index < -0.39 is 14.9 Å². The number of nitro groups is 1. The van der Waals surface area contributed by atoms with Crippen LogP contribution in [0.3, 0.4) is 0 Å². The van der Waals surface area contributed by atoms with E-state index >= 15 is 0 Å². The van der Waals surface area contributed by atoms with Crippen molar-refractivity contribution in [3.05, 3.63) is 57.1 Å². The third kappa shape index (κ3) is 3.67. The second kappa shape index (κ2) is 7.05. The van der Waals surface area contributed by atoms with Crippen molar-refractivity contribution < 1.29 is 18.1 Å². The van der Waals surface area contributed by atoms with Crippen LogP contribution in [-0.4, -0.2) is 36.9 Å². The SMILES string of the molecule is COc1ccc(CN(c2n[nH]c3c([N+](=O)[O-])ccc(Cl)c23)S(C)(=O)=O)cc1. The second-order valence-electron chi connectivity index (χ2n) is 5.74. The van der Waals surface area contributed by atoms with Crippen molar-refractivity contribution in [3.63, 3.8) is 0 Å². The van der Waals surface area contributed by atoms with Crippen LogP contribution in [0.1, 0.15) is 5.56 Å². The molecule has 142 valence electrons. The van der Waals surface area contributed by atoms with Crippen molar-refractivity contribution in [2.75, 3.05) is 17.7 Å². The first-order chi connectivity index (χ1) is 12.7. The molecule has 0 fully saturated rings. The summed E-state index contributed by atoms with van der Waals surface area (Å²) in [5, 5.41) is 18.1. The third-order valence-corrected chi connectivity index (χ3v) is 5.37.